The van der Waals surface area contributed by atoms with Gasteiger partial charge in [-0.3, -0.25) is 10.1 Å². The minimum Gasteiger partial charge on any atom is -0.487 e. The molecule has 0 heterocycles. The standard InChI is InChI=1S/C12H15N3O3/c1-3-18-12-9-10(14(2)8-4-7-13)5-6-11(12)15(16)17/h5-6,9H,3-4,8H2,1-2H3. The lowest BCUT2D eigenvalue weighted by atomic mass is 10.2. The average molecular weight is 249 g/mol. The predicted octanol–water partition coefficient (Wildman–Crippen LogP) is 2.34. The van der Waals surface area contributed by atoms with Crippen LogP contribution < -0.4 is 9.64 Å². The van der Waals surface area contributed by atoms with Crippen LogP contribution in [0.5, 0.6) is 5.75 Å². The molecule has 0 aliphatic rings. The molecule has 0 N–H and O–H groups in total. The summed E-state index contributed by atoms with van der Waals surface area (Å²) in [6, 6.07) is 6.75. The molecule has 0 spiro atoms. The molecule has 1 aromatic carbocycles. The Morgan fingerprint density at radius 2 is 2.28 bits per heavy atom. The zero-order chi connectivity index (χ0) is 13.5. The number of rotatable bonds is 6. The van der Waals surface area contributed by atoms with Crippen LogP contribution in [0.3, 0.4) is 0 Å². The Morgan fingerprint density at radius 3 is 2.83 bits per heavy atom. The number of ether oxygens (including phenoxy) is 1. The first-order valence-corrected chi connectivity index (χ1v) is 5.59. The fourth-order valence-corrected chi connectivity index (χ4v) is 1.51. The molecule has 0 aliphatic carbocycles. The van der Waals surface area contributed by atoms with E-state index in [2.05, 4.69) is 6.07 Å². The molecule has 1 rings (SSSR count). The summed E-state index contributed by atoms with van der Waals surface area (Å²) in [5.41, 5.74) is 0.744. The molecule has 0 amide bonds. The van der Waals surface area contributed by atoms with Gasteiger partial charge in [0.05, 0.1) is 24.0 Å². The van der Waals surface area contributed by atoms with Crippen molar-refractivity contribution in [2.24, 2.45) is 0 Å². The summed E-state index contributed by atoms with van der Waals surface area (Å²) in [6.07, 6.45) is 0.400. The van der Waals surface area contributed by atoms with Gasteiger partial charge >= 0.3 is 5.69 Å². The lowest BCUT2D eigenvalue weighted by Crippen LogP contribution is -2.18. The van der Waals surface area contributed by atoms with Crippen molar-refractivity contribution in [1.29, 1.82) is 5.26 Å². The summed E-state index contributed by atoms with van der Waals surface area (Å²) < 4.78 is 5.26. The van der Waals surface area contributed by atoms with Crippen molar-refractivity contribution in [2.75, 3.05) is 25.1 Å². The van der Waals surface area contributed by atoms with Crippen LogP contribution in [0.4, 0.5) is 11.4 Å². The summed E-state index contributed by atoms with van der Waals surface area (Å²) in [5.74, 6) is 0.254. The molecular formula is C12H15N3O3. The molecule has 0 aromatic heterocycles. The molecule has 0 bridgehead atoms. The number of hydrogen-bond acceptors (Lipinski definition) is 5. The largest absolute Gasteiger partial charge is 0.487 e. The molecule has 6 nitrogen and oxygen atoms in total. The van der Waals surface area contributed by atoms with Gasteiger partial charge in [0.2, 0.25) is 0 Å². The Bertz CT molecular complexity index is 468. The van der Waals surface area contributed by atoms with E-state index in [-0.39, 0.29) is 11.4 Å². The van der Waals surface area contributed by atoms with E-state index in [9.17, 15) is 10.1 Å². The van der Waals surface area contributed by atoms with Crippen molar-refractivity contribution in [3.8, 4) is 11.8 Å². The number of nitro benzene ring substituents is 1. The highest BCUT2D eigenvalue weighted by atomic mass is 16.6. The van der Waals surface area contributed by atoms with Gasteiger partial charge < -0.3 is 9.64 Å². The van der Waals surface area contributed by atoms with Crippen LogP contribution >= 0.6 is 0 Å². The van der Waals surface area contributed by atoms with Crippen molar-refractivity contribution >= 4 is 11.4 Å². The van der Waals surface area contributed by atoms with Crippen molar-refractivity contribution in [1.82, 2.24) is 0 Å². The lowest BCUT2D eigenvalue weighted by Gasteiger charge is -2.18. The number of hydrogen-bond donors (Lipinski definition) is 0. The quantitative estimate of drug-likeness (QED) is 0.571. The van der Waals surface area contributed by atoms with Crippen molar-refractivity contribution < 1.29 is 9.66 Å². The topological polar surface area (TPSA) is 79.4 Å². The molecule has 0 atom stereocenters. The van der Waals surface area contributed by atoms with E-state index < -0.39 is 4.92 Å². The lowest BCUT2D eigenvalue weighted by molar-refractivity contribution is -0.385. The van der Waals surface area contributed by atoms with Gasteiger partial charge in [0, 0.05) is 31.4 Å². The average Bonchev–Trinajstić information content (AvgIpc) is 2.36. The molecule has 0 radical (unpaired) electrons. The maximum atomic E-state index is 10.8. The molecule has 0 fully saturated rings. The van der Waals surface area contributed by atoms with E-state index in [4.69, 9.17) is 10.00 Å². The number of benzene rings is 1. The van der Waals surface area contributed by atoms with Crippen LogP contribution in [0.1, 0.15) is 13.3 Å². The molecular weight excluding hydrogens is 234 g/mol. The number of nitrogens with zero attached hydrogens (tertiary/aromatic N) is 3. The van der Waals surface area contributed by atoms with Crippen LogP contribution in [0, 0.1) is 21.4 Å². The summed E-state index contributed by atoms with van der Waals surface area (Å²) in [7, 11) is 1.83. The van der Waals surface area contributed by atoms with Crippen LogP contribution in [0.2, 0.25) is 0 Å². The zero-order valence-electron chi connectivity index (χ0n) is 10.4. The first-order chi connectivity index (χ1) is 8.60. The van der Waals surface area contributed by atoms with Gasteiger partial charge in [-0.25, -0.2) is 0 Å². The van der Waals surface area contributed by atoms with Gasteiger partial charge in [0.1, 0.15) is 0 Å². The van der Waals surface area contributed by atoms with Gasteiger partial charge in [-0.1, -0.05) is 0 Å². The number of nitro groups is 1. The minimum absolute atomic E-state index is 0.0470. The molecule has 96 valence electrons. The second kappa shape index (κ2) is 6.45. The normalized spacial score (nSPS) is 9.61. The molecule has 0 saturated heterocycles. The first-order valence-electron chi connectivity index (χ1n) is 5.59. The number of anilines is 1. The fourth-order valence-electron chi connectivity index (χ4n) is 1.51. The Balaban J connectivity index is 2.99. The van der Waals surface area contributed by atoms with E-state index in [1.165, 1.54) is 6.07 Å². The maximum absolute atomic E-state index is 10.8. The van der Waals surface area contributed by atoms with Gasteiger partial charge in [-0.2, -0.15) is 5.26 Å². The molecule has 0 aliphatic heterocycles. The summed E-state index contributed by atoms with van der Waals surface area (Å²) in [5, 5.41) is 19.3. The SMILES string of the molecule is CCOc1cc(N(C)CCC#N)ccc1[N+](=O)[O-]. The third-order valence-corrected chi connectivity index (χ3v) is 2.44. The van der Waals surface area contributed by atoms with E-state index in [0.29, 0.717) is 19.6 Å². The third-order valence-electron chi connectivity index (χ3n) is 2.44. The fraction of sp³-hybridized carbons (Fsp3) is 0.417. The van der Waals surface area contributed by atoms with E-state index in [1.54, 1.807) is 19.1 Å². The Kier molecular flexibility index (Phi) is 4.93. The van der Waals surface area contributed by atoms with Gasteiger partial charge in [-0.15, -0.1) is 0 Å². The van der Waals surface area contributed by atoms with Gasteiger partial charge in [0.15, 0.2) is 5.75 Å². The highest BCUT2D eigenvalue weighted by molar-refractivity contribution is 5.59. The maximum Gasteiger partial charge on any atom is 0.311 e. The van der Waals surface area contributed by atoms with Crippen molar-refractivity contribution in [3.63, 3.8) is 0 Å². The molecule has 0 unspecified atom stereocenters. The number of nitriles is 1. The highest BCUT2D eigenvalue weighted by Crippen LogP contribution is 2.31. The summed E-state index contributed by atoms with van der Waals surface area (Å²) >= 11 is 0. The van der Waals surface area contributed by atoms with Crippen LogP contribution in [-0.2, 0) is 0 Å². The summed E-state index contributed by atoms with van der Waals surface area (Å²) in [4.78, 5) is 12.2. The third kappa shape index (κ3) is 3.35. The van der Waals surface area contributed by atoms with Crippen molar-refractivity contribution in [3.05, 3.63) is 28.3 Å². The predicted molar refractivity (Wildman–Crippen MR) is 67.8 cm³/mol. The second-order valence-electron chi connectivity index (χ2n) is 3.67. The van der Waals surface area contributed by atoms with Crippen LogP contribution in [0.25, 0.3) is 0 Å². The Morgan fingerprint density at radius 1 is 1.56 bits per heavy atom. The van der Waals surface area contributed by atoms with Crippen LogP contribution in [-0.4, -0.2) is 25.1 Å². The molecule has 0 saturated carbocycles. The molecule has 6 heteroatoms. The Hall–Kier alpha value is -2.29. The van der Waals surface area contributed by atoms with E-state index in [0.717, 1.165) is 5.69 Å². The van der Waals surface area contributed by atoms with Crippen LogP contribution in [0.15, 0.2) is 18.2 Å². The van der Waals surface area contributed by atoms with E-state index >= 15 is 0 Å². The smallest absolute Gasteiger partial charge is 0.311 e. The summed E-state index contributed by atoms with van der Waals surface area (Å²) in [6.45, 7) is 2.71. The highest BCUT2D eigenvalue weighted by Gasteiger charge is 2.16. The molecule has 18 heavy (non-hydrogen) atoms. The van der Waals surface area contributed by atoms with Crippen molar-refractivity contribution in [2.45, 2.75) is 13.3 Å². The molecule has 1 aromatic rings. The zero-order valence-corrected chi connectivity index (χ0v) is 10.4. The van der Waals surface area contributed by atoms with Gasteiger partial charge in [-0.05, 0) is 13.0 Å². The Labute approximate surface area is 106 Å². The van der Waals surface area contributed by atoms with E-state index in [1.807, 2.05) is 11.9 Å². The first kappa shape index (κ1) is 13.8. The second-order valence-corrected chi connectivity index (χ2v) is 3.67. The van der Waals surface area contributed by atoms with Gasteiger partial charge in [0.25, 0.3) is 0 Å². The monoisotopic (exact) mass is 249 g/mol. The minimum atomic E-state index is -0.468.